The van der Waals surface area contributed by atoms with Crippen LogP contribution in [0.4, 0.5) is 4.79 Å². The lowest BCUT2D eigenvalue weighted by molar-refractivity contribution is -0.142. The van der Waals surface area contributed by atoms with Crippen LogP contribution in [0.2, 0.25) is 0 Å². The Balaban J connectivity index is 1.61. The largest absolute Gasteiger partial charge is 0.480 e. The molecule has 2 aromatic carbocycles. The van der Waals surface area contributed by atoms with Crippen LogP contribution in [-0.4, -0.2) is 29.3 Å². The first kappa shape index (κ1) is 21.6. The van der Waals surface area contributed by atoms with Gasteiger partial charge in [-0.2, -0.15) is 0 Å². The molecule has 0 radical (unpaired) electrons. The number of allylic oxidation sites excluding steroid dienone is 1. The van der Waals surface area contributed by atoms with E-state index in [9.17, 15) is 14.7 Å². The monoisotopic (exact) mass is 408 g/mol. The smallest absolute Gasteiger partial charge is 0.421 e. The van der Waals surface area contributed by atoms with Gasteiger partial charge in [0.1, 0.15) is 12.1 Å². The summed E-state index contributed by atoms with van der Waals surface area (Å²) in [6, 6.07) is 16.2. The van der Waals surface area contributed by atoms with Crippen LogP contribution in [0.5, 0.6) is 0 Å². The normalized spacial score (nSPS) is 14.7. The number of nitrogens with one attached hydrogen (secondary N) is 2. The van der Waals surface area contributed by atoms with Crippen molar-refractivity contribution in [1.29, 1.82) is 0 Å². The second kappa shape index (κ2) is 9.59. The van der Waals surface area contributed by atoms with Gasteiger partial charge in [-0.3, -0.25) is 5.43 Å². The third-order valence-corrected chi connectivity index (χ3v) is 5.39. The number of aliphatic carboxylic acids is 1. The molecule has 0 spiro atoms. The average molecular weight is 408 g/mol. The number of hydrazine groups is 1. The van der Waals surface area contributed by atoms with Gasteiger partial charge in [0, 0.05) is 5.92 Å². The van der Waals surface area contributed by atoms with Crippen molar-refractivity contribution in [2.24, 2.45) is 0 Å². The molecule has 0 aliphatic heterocycles. The van der Waals surface area contributed by atoms with E-state index in [1.54, 1.807) is 6.08 Å². The predicted molar refractivity (Wildman–Crippen MR) is 116 cm³/mol. The average Bonchev–Trinajstić information content (AvgIpc) is 3.07. The molecule has 3 N–H and O–H groups in total. The Morgan fingerprint density at radius 1 is 1.10 bits per heavy atom. The number of hydrogen-bond acceptors (Lipinski definition) is 4. The highest BCUT2D eigenvalue weighted by molar-refractivity contribution is 5.81. The number of benzene rings is 2. The predicted octanol–water partition coefficient (Wildman–Crippen LogP) is 4.62. The van der Waals surface area contributed by atoms with Gasteiger partial charge in [0.05, 0.1) is 0 Å². The molecule has 0 heterocycles. The van der Waals surface area contributed by atoms with Gasteiger partial charge < -0.3 is 9.84 Å². The summed E-state index contributed by atoms with van der Waals surface area (Å²) in [7, 11) is 0. The number of carboxylic acids is 1. The van der Waals surface area contributed by atoms with Crippen molar-refractivity contribution < 1.29 is 19.4 Å². The van der Waals surface area contributed by atoms with Crippen LogP contribution < -0.4 is 10.9 Å². The molecule has 0 saturated carbocycles. The van der Waals surface area contributed by atoms with Gasteiger partial charge in [0.15, 0.2) is 0 Å². The lowest BCUT2D eigenvalue weighted by Gasteiger charge is -2.23. The van der Waals surface area contributed by atoms with E-state index in [0.717, 1.165) is 41.5 Å². The number of fused-ring (bicyclic) bond motifs is 3. The van der Waals surface area contributed by atoms with Gasteiger partial charge in [-0.15, -0.1) is 0 Å². The van der Waals surface area contributed by atoms with Gasteiger partial charge >= 0.3 is 12.1 Å². The zero-order chi connectivity index (χ0) is 21.6. The van der Waals surface area contributed by atoms with E-state index in [1.165, 1.54) is 6.92 Å². The number of amides is 1. The number of carbonyl (C=O) groups excluding carboxylic acids is 1. The van der Waals surface area contributed by atoms with E-state index in [0.29, 0.717) is 0 Å². The number of carboxylic acid groups (broad SMARTS) is 1. The van der Waals surface area contributed by atoms with E-state index < -0.39 is 17.6 Å². The number of carbonyl (C=O) groups is 2. The zero-order valence-electron chi connectivity index (χ0n) is 17.4. The Labute approximate surface area is 176 Å². The number of ether oxygens (including phenoxy) is 1. The number of rotatable bonds is 9. The Hall–Kier alpha value is -3.12. The highest BCUT2D eigenvalue weighted by atomic mass is 16.6. The van der Waals surface area contributed by atoms with Crippen LogP contribution in [0, 0.1) is 0 Å². The summed E-state index contributed by atoms with van der Waals surface area (Å²) in [6.07, 6.45) is 5.43. The highest BCUT2D eigenvalue weighted by Gasteiger charge is 2.32. The van der Waals surface area contributed by atoms with Gasteiger partial charge in [-0.05, 0) is 35.6 Å². The van der Waals surface area contributed by atoms with Gasteiger partial charge in [0.2, 0.25) is 0 Å². The lowest BCUT2D eigenvalue weighted by atomic mass is 9.98. The van der Waals surface area contributed by atoms with Crippen molar-refractivity contribution in [2.75, 3.05) is 6.61 Å². The fourth-order valence-electron chi connectivity index (χ4n) is 3.62. The van der Waals surface area contributed by atoms with E-state index in [4.69, 9.17) is 4.74 Å². The molecule has 0 saturated heterocycles. The topological polar surface area (TPSA) is 87.7 Å². The third kappa shape index (κ3) is 4.71. The molecule has 1 aliphatic carbocycles. The molecule has 6 nitrogen and oxygen atoms in total. The van der Waals surface area contributed by atoms with Crippen molar-refractivity contribution in [2.45, 2.75) is 44.6 Å². The SMILES string of the molecule is CCCCC=CC(C)(NNC(=O)OCC1c2ccccc2-c2ccccc21)C(=O)O. The molecule has 1 atom stereocenters. The molecule has 3 rings (SSSR count). The van der Waals surface area contributed by atoms with Gasteiger partial charge in [-0.25, -0.2) is 15.0 Å². The Morgan fingerprint density at radius 3 is 2.27 bits per heavy atom. The van der Waals surface area contributed by atoms with E-state index in [1.807, 2.05) is 42.5 Å². The number of hydrogen-bond donors (Lipinski definition) is 3. The first-order chi connectivity index (χ1) is 14.5. The summed E-state index contributed by atoms with van der Waals surface area (Å²) in [5.41, 5.74) is 8.07. The first-order valence-electron chi connectivity index (χ1n) is 10.3. The molecule has 0 fully saturated rings. The van der Waals surface area contributed by atoms with Gasteiger partial charge in [-0.1, -0.05) is 80.4 Å². The molecular formula is C24H28N2O4. The number of unbranched alkanes of at least 4 members (excludes halogenated alkanes) is 2. The lowest BCUT2D eigenvalue weighted by Crippen LogP contribution is -2.56. The fourth-order valence-corrected chi connectivity index (χ4v) is 3.62. The Morgan fingerprint density at radius 2 is 1.70 bits per heavy atom. The summed E-state index contributed by atoms with van der Waals surface area (Å²) in [4.78, 5) is 23.9. The molecule has 0 aromatic heterocycles. The van der Waals surface area contributed by atoms with Crippen molar-refractivity contribution in [1.82, 2.24) is 10.9 Å². The second-order valence-corrected chi connectivity index (χ2v) is 7.63. The summed E-state index contributed by atoms with van der Waals surface area (Å²) in [5, 5.41) is 9.52. The Bertz CT molecular complexity index is 895. The van der Waals surface area contributed by atoms with Crippen molar-refractivity contribution in [3.05, 3.63) is 71.8 Å². The van der Waals surface area contributed by atoms with E-state index in [2.05, 4.69) is 29.9 Å². The van der Waals surface area contributed by atoms with Crippen LogP contribution in [0.3, 0.4) is 0 Å². The molecule has 1 aliphatic rings. The van der Waals surface area contributed by atoms with Crippen LogP contribution in [0.25, 0.3) is 11.1 Å². The third-order valence-electron chi connectivity index (χ3n) is 5.39. The van der Waals surface area contributed by atoms with Gasteiger partial charge in [0.25, 0.3) is 0 Å². The minimum Gasteiger partial charge on any atom is -0.480 e. The zero-order valence-corrected chi connectivity index (χ0v) is 17.4. The Kier molecular flexibility index (Phi) is 6.90. The molecule has 0 bridgehead atoms. The maximum Gasteiger partial charge on any atom is 0.421 e. The van der Waals surface area contributed by atoms with Crippen molar-refractivity contribution in [3.8, 4) is 11.1 Å². The summed E-state index contributed by atoms with van der Waals surface area (Å²) in [6.45, 7) is 3.72. The molecule has 1 unspecified atom stereocenters. The second-order valence-electron chi connectivity index (χ2n) is 7.63. The molecule has 158 valence electrons. The summed E-state index contributed by atoms with van der Waals surface area (Å²) < 4.78 is 5.43. The van der Waals surface area contributed by atoms with Crippen LogP contribution in [0.15, 0.2) is 60.7 Å². The molecule has 1 amide bonds. The molecule has 2 aromatic rings. The van der Waals surface area contributed by atoms with Crippen LogP contribution in [-0.2, 0) is 9.53 Å². The minimum absolute atomic E-state index is 0.0528. The summed E-state index contributed by atoms with van der Waals surface area (Å²) in [5.74, 6) is -1.14. The van der Waals surface area contributed by atoms with Crippen molar-refractivity contribution >= 4 is 12.1 Å². The quantitative estimate of drug-likeness (QED) is 0.320. The molecule has 6 heteroatoms. The van der Waals surface area contributed by atoms with Crippen LogP contribution in [0.1, 0.15) is 50.2 Å². The maximum atomic E-state index is 12.3. The highest BCUT2D eigenvalue weighted by Crippen LogP contribution is 2.44. The first-order valence-corrected chi connectivity index (χ1v) is 10.3. The van der Waals surface area contributed by atoms with Crippen molar-refractivity contribution in [3.63, 3.8) is 0 Å². The van der Waals surface area contributed by atoms with E-state index in [-0.39, 0.29) is 12.5 Å². The minimum atomic E-state index is -1.42. The standard InChI is InChI=1S/C24H28N2O4/c1-3-4-5-10-15-24(2,22(27)28)26-25-23(29)30-16-21-19-13-8-6-11-17(19)18-12-7-9-14-20(18)21/h6-15,21,26H,3-5,16H2,1-2H3,(H,25,29)(H,27,28). The van der Waals surface area contributed by atoms with E-state index >= 15 is 0 Å². The molecular weight excluding hydrogens is 380 g/mol. The van der Waals surface area contributed by atoms with Crippen LogP contribution >= 0.6 is 0 Å². The maximum absolute atomic E-state index is 12.3. The summed E-state index contributed by atoms with van der Waals surface area (Å²) >= 11 is 0. The molecule has 30 heavy (non-hydrogen) atoms. The fraction of sp³-hybridized carbons (Fsp3) is 0.333.